The summed E-state index contributed by atoms with van der Waals surface area (Å²) in [4.78, 5) is 11.1. The summed E-state index contributed by atoms with van der Waals surface area (Å²) >= 11 is 3.81. The summed E-state index contributed by atoms with van der Waals surface area (Å²) in [7, 11) is 0. The van der Waals surface area contributed by atoms with E-state index >= 15 is 0 Å². The fourth-order valence-electron chi connectivity index (χ4n) is 1.83. The van der Waals surface area contributed by atoms with Crippen LogP contribution in [0.2, 0.25) is 0 Å². The average Bonchev–Trinajstić information content (AvgIpc) is 2.86. The molecule has 0 aliphatic carbocycles. The lowest BCUT2D eigenvalue weighted by Crippen LogP contribution is -2.13. The van der Waals surface area contributed by atoms with Crippen LogP contribution in [0.25, 0.3) is 0 Å². The Hall–Kier alpha value is -0.820. The Bertz CT molecular complexity index is 519. The van der Waals surface area contributed by atoms with Crippen LogP contribution in [0, 0.1) is 3.57 Å². The van der Waals surface area contributed by atoms with Crippen LogP contribution in [0.3, 0.4) is 0 Å². The van der Waals surface area contributed by atoms with E-state index in [-0.39, 0.29) is 6.04 Å². The summed E-state index contributed by atoms with van der Waals surface area (Å²) in [6.45, 7) is 2.04. The predicted octanol–water partition coefficient (Wildman–Crippen LogP) is 3.66. The van der Waals surface area contributed by atoms with Crippen LogP contribution in [-0.2, 0) is 6.42 Å². The average molecular weight is 361 g/mol. The second-order valence-electron chi connectivity index (χ2n) is 3.94. The third-order valence-electron chi connectivity index (χ3n) is 2.62. The summed E-state index contributed by atoms with van der Waals surface area (Å²) in [6.07, 6.45) is 2.75. The largest absolute Gasteiger partial charge is 0.477 e. The van der Waals surface area contributed by atoms with Crippen molar-refractivity contribution >= 4 is 39.9 Å². The fourth-order valence-corrected chi connectivity index (χ4v) is 3.11. The van der Waals surface area contributed by atoms with Crippen LogP contribution < -0.4 is 0 Å². The molecule has 1 unspecified atom stereocenters. The number of carboxylic acids is 1. The molecule has 90 valence electrons. The molecular weight excluding hydrogens is 349 g/mol. The van der Waals surface area contributed by atoms with E-state index in [1.807, 2.05) is 23.1 Å². The Labute approximate surface area is 117 Å². The maximum Gasteiger partial charge on any atom is 0.352 e. The van der Waals surface area contributed by atoms with Crippen LogP contribution >= 0.6 is 33.9 Å². The maximum absolute atomic E-state index is 11.1. The molecule has 0 fully saturated rings. The van der Waals surface area contributed by atoms with Gasteiger partial charge in [-0.15, -0.1) is 0 Å². The second-order valence-corrected chi connectivity index (χ2v) is 5.97. The standard InChI is InChI=1S/C12H12INO2S/c1-8(4-9-2-3-17-7-9)14-6-10(13)5-11(14)12(15)16/h2-3,5-8H,4H2,1H3,(H,15,16). The highest BCUT2D eigenvalue weighted by Crippen LogP contribution is 2.21. The molecule has 2 rings (SSSR count). The summed E-state index contributed by atoms with van der Waals surface area (Å²) < 4.78 is 2.79. The smallest absolute Gasteiger partial charge is 0.352 e. The van der Waals surface area contributed by atoms with Gasteiger partial charge in [0.15, 0.2) is 0 Å². The lowest BCUT2D eigenvalue weighted by atomic mass is 10.1. The highest BCUT2D eigenvalue weighted by molar-refractivity contribution is 14.1. The third-order valence-corrected chi connectivity index (χ3v) is 3.94. The van der Waals surface area contributed by atoms with Crippen LogP contribution in [-0.4, -0.2) is 15.6 Å². The summed E-state index contributed by atoms with van der Waals surface area (Å²) in [5, 5.41) is 13.3. The zero-order chi connectivity index (χ0) is 12.4. The van der Waals surface area contributed by atoms with Gasteiger partial charge in [-0.1, -0.05) is 0 Å². The molecule has 0 amide bonds. The molecule has 0 saturated heterocycles. The van der Waals surface area contributed by atoms with Gasteiger partial charge in [0.05, 0.1) is 0 Å². The van der Waals surface area contributed by atoms with Gasteiger partial charge in [-0.3, -0.25) is 0 Å². The van der Waals surface area contributed by atoms with Crippen molar-refractivity contribution < 1.29 is 9.90 Å². The molecule has 0 aliphatic heterocycles. The van der Waals surface area contributed by atoms with E-state index < -0.39 is 5.97 Å². The first kappa shape index (κ1) is 12.6. The Balaban J connectivity index is 2.24. The van der Waals surface area contributed by atoms with Gasteiger partial charge < -0.3 is 9.67 Å². The Kier molecular flexibility index (Phi) is 3.88. The number of carbonyl (C=O) groups is 1. The number of thiophene rings is 1. The van der Waals surface area contributed by atoms with Gasteiger partial charge in [0.2, 0.25) is 0 Å². The van der Waals surface area contributed by atoms with Crippen molar-refractivity contribution in [1.29, 1.82) is 0 Å². The van der Waals surface area contributed by atoms with Crippen molar-refractivity contribution in [1.82, 2.24) is 4.57 Å². The van der Waals surface area contributed by atoms with Crippen LogP contribution in [0.1, 0.15) is 29.0 Å². The normalized spacial score (nSPS) is 12.6. The van der Waals surface area contributed by atoms with Crippen LogP contribution in [0.5, 0.6) is 0 Å². The van der Waals surface area contributed by atoms with Crippen LogP contribution in [0.4, 0.5) is 0 Å². The van der Waals surface area contributed by atoms with E-state index in [4.69, 9.17) is 5.11 Å². The Morgan fingerprint density at radius 2 is 2.41 bits per heavy atom. The number of halogens is 1. The molecule has 2 aromatic rings. The molecule has 5 heteroatoms. The molecule has 3 nitrogen and oxygen atoms in total. The topological polar surface area (TPSA) is 42.2 Å². The van der Waals surface area contributed by atoms with Gasteiger partial charge in [-0.05, 0) is 64.4 Å². The molecule has 0 radical (unpaired) electrons. The van der Waals surface area contributed by atoms with Crippen molar-refractivity contribution in [3.8, 4) is 0 Å². The minimum Gasteiger partial charge on any atom is -0.477 e. The third kappa shape index (κ3) is 2.90. The monoisotopic (exact) mass is 361 g/mol. The summed E-state index contributed by atoms with van der Waals surface area (Å²) in [5.41, 5.74) is 1.61. The number of carboxylic acid groups (broad SMARTS) is 1. The molecule has 1 atom stereocenters. The Morgan fingerprint density at radius 3 is 3.00 bits per heavy atom. The first-order chi connectivity index (χ1) is 8.08. The van der Waals surface area contributed by atoms with E-state index in [9.17, 15) is 4.79 Å². The molecule has 0 spiro atoms. The number of nitrogens with zero attached hydrogens (tertiary/aromatic N) is 1. The minimum atomic E-state index is -0.870. The number of aromatic nitrogens is 1. The Morgan fingerprint density at radius 1 is 1.65 bits per heavy atom. The van der Waals surface area contributed by atoms with Crippen molar-refractivity contribution in [3.63, 3.8) is 0 Å². The first-order valence-corrected chi connectivity index (χ1v) is 7.22. The van der Waals surface area contributed by atoms with E-state index in [1.165, 1.54) is 5.56 Å². The zero-order valence-corrected chi connectivity index (χ0v) is 12.2. The summed E-state index contributed by atoms with van der Waals surface area (Å²) in [5.74, 6) is -0.870. The molecule has 1 N–H and O–H groups in total. The van der Waals surface area contributed by atoms with Crippen molar-refractivity contribution in [2.75, 3.05) is 0 Å². The van der Waals surface area contributed by atoms with Gasteiger partial charge >= 0.3 is 5.97 Å². The molecule has 17 heavy (non-hydrogen) atoms. The minimum absolute atomic E-state index is 0.152. The number of aromatic carboxylic acids is 1. The number of hydrogen-bond acceptors (Lipinski definition) is 2. The highest BCUT2D eigenvalue weighted by atomic mass is 127. The van der Waals surface area contributed by atoms with Crippen molar-refractivity contribution in [3.05, 3.63) is 43.9 Å². The van der Waals surface area contributed by atoms with E-state index in [0.29, 0.717) is 5.69 Å². The first-order valence-electron chi connectivity index (χ1n) is 5.19. The highest BCUT2D eigenvalue weighted by Gasteiger charge is 2.16. The quantitative estimate of drug-likeness (QED) is 0.845. The maximum atomic E-state index is 11.1. The van der Waals surface area contributed by atoms with Crippen molar-refractivity contribution in [2.45, 2.75) is 19.4 Å². The van der Waals surface area contributed by atoms with E-state index in [2.05, 4.69) is 34.0 Å². The second kappa shape index (κ2) is 5.22. The molecular formula is C12H12INO2S. The van der Waals surface area contributed by atoms with E-state index in [1.54, 1.807) is 17.4 Å². The van der Waals surface area contributed by atoms with Gasteiger partial charge in [0, 0.05) is 15.8 Å². The number of hydrogen-bond donors (Lipinski definition) is 1. The molecule has 0 saturated carbocycles. The van der Waals surface area contributed by atoms with Gasteiger partial charge in [0.25, 0.3) is 0 Å². The SMILES string of the molecule is CC(Cc1ccsc1)n1cc(I)cc1C(=O)O. The molecule has 2 heterocycles. The summed E-state index contributed by atoms with van der Waals surface area (Å²) in [6, 6.07) is 3.93. The fraction of sp³-hybridized carbons (Fsp3) is 0.250. The predicted molar refractivity (Wildman–Crippen MR) is 76.8 cm³/mol. The lowest BCUT2D eigenvalue weighted by molar-refractivity contribution is 0.0683. The van der Waals surface area contributed by atoms with E-state index in [0.717, 1.165) is 9.99 Å². The van der Waals surface area contributed by atoms with Crippen LogP contribution in [0.15, 0.2) is 29.1 Å². The molecule has 0 bridgehead atoms. The van der Waals surface area contributed by atoms with Crippen molar-refractivity contribution in [2.24, 2.45) is 0 Å². The molecule has 0 aromatic carbocycles. The van der Waals surface area contributed by atoms with Gasteiger partial charge in [-0.2, -0.15) is 11.3 Å². The van der Waals surface area contributed by atoms with Gasteiger partial charge in [0.1, 0.15) is 5.69 Å². The molecule has 2 aromatic heterocycles. The zero-order valence-electron chi connectivity index (χ0n) is 9.26. The lowest BCUT2D eigenvalue weighted by Gasteiger charge is -2.15. The number of rotatable bonds is 4. The van der Waals surface area contributed by atoms with Gasteiger partial charge in [-0.25, -0.2) is 4.79 Å². The molecule has 0 aliphatic rings.